The van der Waals surface area contributed by atoms with Gasteiger partial charge in [0.1, 0.15) is 11.9 Å². The number of rotatable bonds is 2. The zero-order chi connectivity index (χ0) is 11.7. The SMILES string of the molecule is Cc1ccc(NC2CC(=O)N(C)C2=O)nn1. The number of likely N-dealkylation sites (tertiary alicyclic amines) is 1. The lowest BCUT2D eigenvalue weighted by molar-refractivity contribution is -0.136. The largest absolute Gasteiger partial charge is 0.356 e. The number of hydrogen-bond donors (Lipinski definition) is 1. The lowest BCUT2D eigenvalue weighted by Gasteiger charge is -2.10. The molecule has 0 radical (unpaired) electrons. The zero-order valence-corrected chi connectivity index (χ0v) is 9.10. The average molecular weight is 220 g/mol. The first-order chi connectivity index (χ1) is 7.58. The molecule has 6 heteroatoms. The minimum Gasteiger partial charge on any atom is -0.356 e. The van der Waals surface area contributed by atoms with Gasteiger partial charge in [0, 0.05) is 7.05 Å². The Labute approximate surface area is 92.7 Å². The van der Waals surface area contributed by atoms with Gasteiger partial charge in [0.15, 0.2) is 0 Å². The molecule has 0 spiro atoms. The minimum absolute atomic E-state index is 0.172. The van der Waals surface area contributed by atoms with Crippen molar-refractivity contribution >= 4 is 17.6 Å². The maximum absolute atomic E-state index is 11.6. The van der Waals surface area contributed by atoms with E-state index in [9.17, 15) is 9.59 Å². The molecule has 0 bridgehead atoms. The number of nitrogens with zero attached hydrogens (tertiary/aromatic N) is 3. The summed E-state index contributed by atoms with van der Waals surface area (Å²) < 4.78 is 0. The standard InChI is InChI=1S/C10H12N4O2/c1-6-3-4-8(13-12-6)11-7-5-9(15)14(2)10(7)16/h3-4,7H,5H2,1-2H3,(H,11,13). The van der Waals surface area contributed by atoms with Gasteiger partial charge in [0.05, 0.1) is 12.1 Å². The lowest BCUT2D eigenvalue weighted by atomic mass is 10.2. The van der Waals surface area contributed by atoms with E-state index in [1.54, 1.807) is 12.1 Å². The van der Waals surface area contributed by atoms with Crippen LogP contribution in [0.15, 0.2) is 12.1 Å². The van der Waals surface area contributed by atoms with E-state index in [4.69, 9.17) is 0 Å². The maximum atomic E-state index is 11.6. The van der Waals surface area contributed by atoms with Crippen LogP contribution in [0.3, 0.4) is 0 Å². The molecule has 1 aromatic heterocycles. The smallest absolute Gasteiger partial charge is 0.251 e. The van der Waals surface area contributed by atoms with Crippen LogP contribution in [-0.4, -0.2) is 40.0 Å². The van der Waals surface area contributed by atoms with Gasteiger partial charge in [-0.15, -0.1) is 5.10 Å². The molecule has 2 rings (SSSR count). The molecule has 1 aliphatic heterocycles. The van der Waals surface area contributed by atoms with E-state index in [2.05, 4.69) is 15.5 Å². The summed E-state index contributed by atoms with van der Waals surface area (Å²) in [6.45, 7) is 1.83. The monoisotopic (exact) mass is 220 g/mol. The average Bonchev–Trinajstić information content (AvgIpc) is 2.50. The number of carbonyl (C=O) groups is 2. The lowest BCUT2D eigenvalue weighted by Crippen LogP contribution is -2.32. The quantitative estimate of drug-likeness (QED) is 0.707. The molecule has 1 saturated heterocycles. The third-order valence-corrected chi connectivity index (χ3v) is 2.50. The van der Waals surface area contributed by atoms with Crippen molar-refractivity contribution in [3.8, 4) is 0 Å². The van der Waals surface area contributed by atoms with Gasteiger partial charge in [-0.1, -0.05) is 0 Å². The van der Waals surface area contributed by atoms with E-state index >= 15 is 0 Å². The Morgan fingerprint density at radius 1 is 1.38 bits per heavy atom. The number of aryl methyl sites for hydroxylation is 1. The van der Waals surface area contributed by atoms with Crippen LogP contribution < -0.4 is 5.32 Å². The Hall–Kier alpha value is -1.98. The molecule has 1 unspecified atom stereocenters. The van der Waals surface area contributed by atoms with Crippen LogP contribution in [-0.2, 0) is 9.59 Å². The van der Waals surface area contributed by atoms with Gasteiger partial charge in [-0.05, 0) is 19.1 Å². The number of imide groups is 1. The highest BCUT2D eigenvalue weighted by Gasteiger charge is 2.36. The van der Waals surface area contributed by atoms with E-state index in [-0.39, 0.29) is 18.2 Å². The van der Waals surface area contributed by atoms with Gasteiger partial charge in [0.25, 0.3) is 5.91 Å². The summed E-state index contributed by atoms with van der Waals surface area (Å²) in [6.07, 6.45) is 0.172. The second kappa shape index (κ2) is 3.88. The van der Waals surface area contributed by atoms with E-state index in [0.717, 1.165) is 10.6 Å². The van der Waals surface area contributed by atoms with Crippen molar-refractivity contribution in [2.45, 2.75) is 19.4 Å². The molecule has 1 N–H and O–H groups in total. The number of nitrogens with one attached hydrogen (secondary N) is 1. The van der Waals surface area contributed by atoms with Crippen LogP contribution in [0.25, 0.3) is 0 Å². The van der Waals surface area contributed by atoms with Crippen molar-refractivity contribution in [3.63, 3.8) is 0 Å². The number of anilines is 1. The van der Waals surface area contributed by atoms with Gasteiger partial charge < -0.3 is 5.32 Å². The van der Waals surface area contributed by atoms with E-state index in [0.29, 0.717) is 5.82 Å². The van der Waals surface area contributed by atoms with Crippen molar-refractivity contribution < 1.29 is 9.59 Å². The second-order valence-electron chi connectivity index (χ2n) is 3.75. The molecular weight excluding hydrogens is 208 g/mol. The maximum Gasteiger partial charge on any atom is 0.251 e. The normalized spacial score (nSPS) is 20.4. The van der Waals surface area contributed by atoms with Crippen molar-refractivity contribution in [2.75, 3.05) is 12.4 Å². The molecule has 84 valence electrons. The zero-order valence-electron chi connectivity index (χ0n) is 9.10. The third kappa shape index (κ3) is 1.86. The number of carbonyl (C=O) groups excluding carboxylic acids is 2. The fourth-order valence-corrected chi connectivity index (χ4v) is 1.52. The second-order valence-corrected chi connectivity index (χ2v) is 3.75. The highest BCUT2D eigenvalue weighted by atomic mass is 16.2. The van der Waals surface area contributed by atoms with E-state index in [1.807, 2.05) is 6.92 Å². The predicted molar refractivity (Wildman–Crippen MR) is 56.6 cm³/mol. The summed E-state index contributed by atoms with van der Waals surface area (Å²) >= 11 is 0. The van der Waals surface area contributed by atoms with Crippen LogP contribution in [0.1, 0.15) is 12.1 Å². The van der Waals surface area contributed by atoms with E-state index in [1.165, 1.54) is 7.05 Å². The highest BCUT2D eigenvalue weighted by molar-refractivity contribution is 6.06. The van der Waals surface area contributed by atoms with Crippen LogP contribution in [0.4, 0.5) is 5.82 Å². The molecule has 16 heavy (non-hydrogen) atoms. The first kappa shape index (κ1) is 10.5. The molecule has 1 fully saturated rings. The number of amides is 2. The molecule has 2 amide bonds. The minimum atomic E-state index is -0.519. The third-order valence-electron chi connectivity index (χ3n) is 2.50. The van der Waals surface area contributed by atoms with Gasteiger partial charge in [-0.25, -0.2) is 0 Å². The molecule has 2 heterocycles. The summed E-state index contributed by atoms with van der Waals surface area (Å²) in [4.78, 5) is 24.0. The fraction of sp³-hybridized carbons (Fsp3) is 0.400. The van der Waals surface area contributed by atoms with Gasteiger partial charge in [0.2, 0.25) is 5.91 Å². The summed E-state index contributed by atoms with van der Waals surface area (Å²) in [6, 6.07) is 3.01. The Morgan fingerprint density at radius 3 is 2.62 bits per heavy atom. The van der Waals surface area contributed by atoms with Gasteiger partial charge >= 0.3 is 0 Å². The molecule has 6 nitrogen and oxygen atoms in total. The van der Waals surface area contributed by atoms with Crippen molar-refractivity contribution in [2.24, 2.45) is 0 Å². The molecule has 0 aliphatic carbocycles. The molecule has 1 aromatic rings. The summed E-state index contributed by atoms with van der Waals surface area (Å²) in [5, 5.41) is 10.6. The fourth-order valence-electron chi connectivity index (χ4n) is 1.52. The van der Waals surface area contributed by atoms with Crippen LogP contribution in [0.2, 0.25) is 0 Å². The van der Waals surface area contributed by atoms with Gasteiger partial charge in [-0.3, -0.25) is 14.5 Å². The Kier molecular flexibility index (Phi) is 2.55. The first-order valence-electron chi connectivity index (χ1n) is 4.95. The Balaban J connectivity index is 2.09. The van der Waals surface area contributed by atoms with Crippen LogP contribution in [0, 0.1) is 6.92 Å². The predicted octanol–water partition coefficient (Wildman–Crippen LogP) is -0.0458. The first-order valence-corrected chi connectivity index (χ1v) is 4.95. The topological polar surface area (TPSA) is 75.2 Å². The van der Waals surface area contributed by atoms with Gasteiger partial charge in [-0.2, -0.15) is 5.10 Å². The molecule has 0 aromatic carbocycles. The highest BCUT2D eigenvalue weighted by Crippen LogP contribution is 2.15. The molecule has 0 saturated carbocycles. The molecule has 1 aliphatic rings. The van der Waals surface area contributed by atoms with Crippen LogP contribution in [0.5, 0.6) is 0 Å². The van der Waals surface area contributed by atoms with E-state index < -0.39 is 6.04 Å². The Bertz CT molecular complexity index is 429. The Morgan fingerprint density at radius 2 is 2.12 bits per heavy atom. The summed E-state index contributed by atoms with van der Waals surface area (Å²) in [5.41, 5.74) is 0.802. The molecule has 1 atom stereocenters. The van der Waals surface area contributed by atoms with Crippen LogP contribution >= 0.6 is 0 Å². The van der Waals surface area contributed by atoms with Crippen molar-refractivity contribution in [1.82, 2.24) is 15.1 Å². The number of likely N-dealkylation sites (N-methyl/N-ethyl adjacent to an activating group) is 1. The number of aromatic nitrogens is 2. The van der Waals surface area contributed by atoms with Crippen molar-refractivity contribution in [1.29, 1.82) is 0 Å². The summed E-state index contributed by atoms with van der Waals surface area (Å²) in [7, 11) is 1.48. The number of hydrogen-bond acceptors (Lipinski definition) is 5. The summed E-state index contributed by atoms with van der Waals surface area (Å²) in [5.74, 6) is 0.0991. The molecular formula is C10H12N4O2. The van der Waals surface area contributed by atoms with Crippen molar-refractivity contribution in [3.05, 3.63) is 17.8 Å².